The van der Waals surface area contributed by atoms with Crippen LogP contribution in [0.3, 0.4) is 0 Å². The topological polar surface area (TPSA) is 72.2 Å². The summed E-state index contributed by atoms with van der Waals surface area (Å²) in [6.45, 7) is 6.50. The second-order valence-corrected chi connectivity index (χ2v) is 7.95. The fraction of sp³-hybridized carbons (Fsp3) is 0.600. The molecule has 2 rings (SSSR count). The number of primary amides is 1. The summed E-state index contributed by atoms with van der Waals surface area (Å²) in [6, 6.07) is 7.55. The van der Waals surface area contributed by atoms with Gasteiger partial charge in [0.1, 0.15) is 6.04 Å². The number of hydrogen-bond donors (Lipinski definition) is 2. The summed E-state index contributed by atoms with van der Waals surface area (Å²) in [5.41, 5.74) is 7.86. The molecule has 0 bridgehead atoms. The zero-order valence-electron chi connectivity index (χ0n) is 15.1. The maximum atomic E-state index is 12.4. The Morgan fingerprint density at radius 1 is 1.12 bits per heavy atom. The van der Waals surface area contributed by atoms with Gasteiger partial charge in [-0.15, -0.1) is 0 Å². The van der Waals surface area contributed by atoms with Crippen LogP contribution >= 0.6 is 0 Å². The van der Waals surface area contributed by atoms with Gasteiger partial charge < -0.3 is 11.1 Å². The molecule has 0 aliphatic heterocycles. The Bertz CT molecular complexity index is 566. The zero-order valence-corrected chi connectivity index (χ0v) is 15.1. The van der Waals surface area contributed by atoms with E-state index in [1.165, 1.54) is 12.0 Å². The summed E-state index contributed by atoms with van der Waals surface area (Å²) in [7, 11) is 0. The van der Waals surface area contributed by atoms with Crippen LogP contribution in [0.4, 0.5) is 0 Å². The lowest BCUT2D eigenvalue weighted by molar-refractivity contribution is -0.130. The molecule has 4 heteroatoms. The van der Waals surface area contributed by atoms with Crippen molar-refractivity contribution in [1.29, 1.82) is 0 Å². The van der Waals surface area contributed by atoms with Gasteiger partial charge >= 0.3 is 0 Å². The Balaban J connectivity index is 2.00. The first-order chi connectivity index (χ1) is 11.3. The van der Waals surface area contributed by atoms with Gasteiger partial charge in [-0.1, -0.05) is 64.3 Å². The quantitative estimate of drug-likeness (QED) is 0.871. The van der Waals surface area contributed by atoms with Crippen molar-refractivity contribution in [2.75, 3.05) is 0 Å². The van der Waals surface area contributed by atoms with Gasteiger partial charge in [0.25, 0.3) is 0 Å². The molecule has 24 heavy (non-hydrogen) atoms. The molecule has 0 heterocycles. The molecule has 1 fully saturated rings. The van der Waals surface area contributed by atoms with E-state index in [2.05, 4.69) is 38.2 Å². The lowest BCUT2D eigenvalue weighted by atomic mass is 9.86. The molecule has 0 radical (unpaired) electrons. The van der Waals surface area contributed by atoms with Crippen LogP contribution in [0.1, 0.15) is 64.0 Å². The summed E-state index contributed by atoms with van der Waals surface area (Å²) >= 11 is 0. The molecule has 0 unspecified atom stereocenters. The van der Waals surface area contributed by atoms with Crippen molar-refractivity contribution in [2.24, 2.45) is 11.7 Å². The molecule has 4 nitrogen and oxygen atoms in total. The molecule has 1 aromatic rings. The van der Waals surface area contributed by atoms with Gasteiger partial charge in [0.2, 0.25) is 11.8 Å². The van der Waals surface area contributed by atoms with E-state index < -0.39 is 11.9 Å². The number of rotatable bonds is 5. The third kappa shape index (κ3) is 5.08. The molecule has 1 aliphatic rings. The van der Waals surface area contributed by atoms with E-state index in [-0.39, 0.29) is 17.2 Å². The average Bonchev–Trinajstić information content (AvgIpc) is 2.54. The van der Waals surface area contributed by atoms with Gasteiger partial charge in [-0.25, -0.2) is 0 Å². The van der Waals surface area contributed by atoms with Crippen LogP contribution in [0.25, 0.3) is 0 Å². The first-order valence-corrected chi connectivity index (χ1v) is 8.96. The van der Waals surface area contributed by atoms with Gasteiger partial charge in [0, 0.05) is 12.3 Å². The highest BCUT2D eigenvalue weighted by Crippen LogP contribution is 2.24. The number of nitrogens with two attached hydrogens (primary N) is 1. The summed E-state index contributed by atoms with van der Waals surface area (Å²) in [6.07, 6.45) is 5.65. The van der Waals surface area contributed by atoms with Gasteiger partial charge in [-0.2, -0.15) is 0 Å². The van der Waals surface area contributed by atoms with Crippen molar-refractivity contribution in [3.8, 4) is 0 Å². The fourth-order valence-corrected chi connectivity index (χ4v) is 3.25. The zero-order chi connectivity index (χ0) is 17.7. The maximum absolute atomic E-state index is 12.4. The Hall–Kier alpha value is -1.84. The Morgan fingerprint density at radius 2 is 1.71 bits per heavy atom. The molecule has 3 N–H and O–H groups in total. The van der Waals surface area contributed by atoms with E-state index in [1.807, 2.05) is 12.1 Å². The first kappa shape index (κ1) is 18.5. The summed E-state index contributed by atoms with van der Waals surface area (Å²) < 4.78 is 0. The standard InChI is InChI=1S/C20H30N2O2/c1-20(2,3)16-11-9-14(10-12-16)13-17(18(21)23)22-19(24)15-7-5-4-6-8-15/h9-12,15,17H,4-8,13H2,1-3H3,(H2,21,23)(H,22,24)/t17-/m0/s1. The summed E-state index contributed by atoms with van der Waals surface area (Å²) in [5.74, 6) is -0.465. The molecular formula is C20H30N2O2. The third-order valence-corrected chi connectivity index (χ3v) is 4.90. The molecule has 0 aromatic heterocycles. The normalized spacial score (nSPS) is 17.3. The monoisotopic (exact) mass is 330 g/mol. The summed E-state index contributed by atoms with van der Waals surface area (Å²) in [4.78, 5) is 24.1. The van der Waals surface area contributed by atoms with Gasteiger partial charge in [0.15, 0.2) is 0 Å². The number of benzene rings is 1. The minimum absolute atomic E-state index is 0.0233. The molecular weight excluding hydrogens is 300 g/mol. The van der Waals surface area contributed by atoms with Gasteiger partial charge in [0.05, 0.1) is 0 Å². The SMILES string of the molecule is CC(C)(C)c1ccc(C[C@H](NC(=O)C2CCCCC2)C(N)=O)cc1. The minimum atomic E-state index is -0.639. The fourth-order valence-electron chi connectivity index (χ4n) is 3.25. The number of amides is 2. The lowest BCUT2D eigenvalue weighted by Crippen LogP contribution is -2.48. The van der Waals surface area contributed by atoms with Crippen molar-refractivity contribution >= 4 is 11.8 Å². The Labute approximate surface area is 145 Å². The minimum Gasteiger partial charge on any atom is -0.368 e. The van der Waals surface area contributed by atoms with Crippen molar-refractivity contribution in [2.45, 2.75) is 70.8 Å². The highest BCUT2D eigenvalue weighted by molar-refractivity contribution is 5.87. The number of hydrogen-bond acceptors (Lipinski definition) is 2. The van der Waals surface area contributed by atoms with Crippen LogP contribution in [0, 0.1) is 5.92 Å². The summed E-state index contributed by atoms with van der Waals surface area (Å²) in [5, 5.41) is 2.87. The number of carbonyl (C=O) groups excluding carboxylic acids is 2. The molecule has 1 aromatic carbocycles. The molecule has 0 saturated heterocycles. The van der Waals surface area contributed by atoms with Crippen LogP contribution in [0.2, 0.25) is 0 Å². The van der Waals surface area contributed by atoms with E-state index >= 15 is 0 Å². The predicted molar refractivity (Wildman–Crippen MR) is 96.5 cm³/mol. The number of nitrogens with one attached hydrogen (secondary N) is 1. The molecule has 1 saturated carbocycles. The smallest absolute Gasteiger partial charge is 0.240 e. The van der Waals surface area contributed by atoms with Crippen LogP contribution < -0.4 is 11.1 Å². The van der Waals surface area contributed by atoms with Crippen molar-refractivity contribution in [3.05, 3.63) is 35.4 Å². The highest BCUT2D eigenvalue weighted by atomic mass is 16.2. The molecule has 1 aliphatic carbocycles. The molecule has 2 amide bonds. The van der Waals surface area contributed by atoms with E-state index in [1.54, 1.807) is 0 Å². The van der Waals surface area contributed by atoms with Crippen LogP contribution in [0.5, 0.6) is 0 Å². The van der Waals surface area contributed by atoms with Crippen molar-refractivity contribution in [1.82, 2.24) is 5.32 Å². The Kier molecular flexibility index (Phi) is 6.03. The Morgan fingerprint density at radius 3 is 2.21 bits per heavy atom. The lowest BCUT2D eigenvalue weighted by Gasteiger charge is -2.24. The van der Waals surface area contributed by atoms with E-state index in [9.17, 15) is 9.59 Å². The van der Waals surface area contributed by atoms with E-state index in [4.69, 9.17) is 5.73 Å². The molecule has 132 valence electrons. The second kappa shape index (κ2) is 7.82. The van der Waals surface area contributed by atoms with E-state index in [0.29, 0.717) is 6.42 Å². The number of carbonyl (C=O) groups is 2. The molecule has 1 atom stereocenters. The predicted octanol–water partition coefficient (Wildman–Crippen LogP) is 3.08. The van der Waals surface area contributed by atoms with Crippen molar-refractivity contribution in [3.63, 3.8) is 0 Å². The van der Waals surface area contributed by atoms with E-state index in [0.717, 1.165) is 31.2 Å². The van der Waals surface area contributed by atoms with Gasteiger partial charge in [-0.05, 0) is 29.4 Å². The maximum Gasteiger partial charge on any atom is 0.240 e. The first-order valence-electron chi connectivity index (χ1n) is 8.96. The largest absolute Gasteiger partial charge is 0.368 e. The second-order valence-electron chi connectivity index (χ2n) is 7.95. The van der Waals surface area contributed by atoms with Crippen LogP contribution in [-0.4, -0.2) is 17.9 Å². The molecule has 0 spiro atoms. The average molecular weight is 330 g/mol. The van der Waals surface area contributed by atoms with Crippen molar-refractivity contribution < 1.29 is 9.59 Å². The van der Waals surface area contributed by atoms with Crippen LogP contribution in [0.15, 0.2) is 24.3 Å². The van der Waals surface area contributed by atoms with Crippen LogP contribution in [-0.2, 0) is 21.4 Å². The third-order valence-electron chi connectivity index (χ3n) is 4.90. The highest BCUT2D eigenvalue weighted by Gasteiger charge is 2.25. The van der Waals surface area contributed by atoms with Gasteiger partial charge in [-0.3, -0.25) is 9.59 Å².